The molecule has 0 spiro atoms. The molecule has 0 aliphatic carbocycles. The Bertz CT molecular complexity index is 629. The second kappa shape index (κ2) is 4.29. The molecule has 5 heteroatoms. The average Bonchev–Trinajstić information content (AvgIpc) is 2.30. The molecule has 1 aliphatic heterocycles. The molecule has 0 radical (unpaired) electrons. The fraction of sp³-hybridized carbons (Fsp3) is 0.462. The SMILES string of the molecule is Cc1ccc2c(c1C)NC(C)C(CC#N)S2(=O)=O. The van der Waals surface area contributed by atoms with Crippen LogP contribution in [0.25, 0.3) is 0 Å². The third-order valence-corrected chi connectivity index (χ3v) is 5.95. The molecule has 18 heavy (non-hydrogen) atoms. The minimum Gasteiger partial charge on any atom is -0.380 e. The largest absolute Gasteiger partial charge is 0.380 e. The zero-order chi connectivity index (χ0) is 13.5. The zero-order valence-corrected chi connectivity index (χ0v) is 11.5. The number of nitriles is 1. The number of fused-ring (bicyclic) bond motifs is 1. The molecule has 1 aromatic carbocycles. The molecule has 0 saturated heterocycles. The van der Waals surface area contributed by atoms with Gasteiger partial charge in [-0.2, -0.15) is 5.26 Å². The van der Waals surface area contributed by atoms with Gasteiger partial charge in [-0.05, 0) is 38.0 Å². The van der Waals surface area contributed by atoms with E-state index < -0.39 is 15.1 Å². The van der Waals surface area contributed by atoms with Crippen molar-refractivity contribution in [3.63, 3.8) is 0 Å². The van der Waals surface area contributed by atoms with Gasteiger partial charge in [0, 0.05) is 6.04 Å². The van der Waals surface area contributed by atoms with E-state index in [0.29, 0.717) is 10.6 Å². The molecule has 0 bridgehead atoms. The fourth-order valence-corrected chi connectivity index (χ4v) is 4.32. The predicted octanol–water partition coefficient (Wildman–Crippen LogP) is 2.17. The molecule has 0 saturated carbocycles. The van der Waals surface area contributed by atoms with E-state index in [1.807, 2.05) is 32.9 Å². The fourth-order valence-electron chi connectivity index (χ4n) is 2.34. The number of sulfone groups is 1. The number of anilines is 1. The minimum absolute atomic E-state index is 0.0167. The summed E-state index contributed by atoms with van der Waals surface area (Å²) in [5.74, 6) is 0. The highest BCUT2D eigenvalue weighted by atomic mass is 32.2. The summed E-state index contributed by atoms with van der Waals surface area (Å²) in [6, 6.07) is 5.16. The molecule has 0 aromatic heterocycles. The van der Waals surface area contributed by atoms with E-state index in [4.69, 9.17) is 5.26 Å². The number of aryl methyl sites for hydroxylation is 1. The number of nitrogens with zero attached hydrogens (tertiary/aromatic N) is 1. The first-order valence-corrected chi connectivity index (χ1v) is 7.41. The molecule has 1 aromatic rings. The van der Waals surface area contributed by atoms with Gasteiger partial charge in [-0.25, -0.2) is 8.42 Å². The second-order valence-corrected chi connectivity index (χ2v) is 6.89. The van der Waals surface area contributed by atoms with Gasteiger partial charge < -0.3 is 5.32 Å². The van der Waals surface area contributed by atoms with Crippen LogP contribution in [-0.2, 0) is 9.84 Å². The Labute approximate surface area is 108 Å². The van der Waals surface area contributed by atoms with Crippen molar-refractivity contribution < 1.29 is 8.42 Å². The zero-order valence-electron chi connectivity index (χ0n) is 10.7. The quantitative estimate of drug-likeness (QED) is 0.844. The highest BCUT2D eigenvalue weighted by Gasteiger charge is 2.39. The summed E-state index contributed by atoms with van der Waals surface area (Å²) >= 11 is 0. The number of nitrogens with one attached hydrogen (secondary N) is 1. The molecular weight excluding hydrogens is 248 g/mol. The standard InChI is InChI=1S/C13H16N2O2S/c1-8-4-5-12-13(9(8)2)15-10(3)11(6-7-14)18(12,16)17/h4-5,10-11,15H,6H2,1-3H3. The molecule has 0 amide bonds. The molecule has 4 nitrogen and oxygen atoms in total. The van der Waals surface area contributed by atoms with Gasteiger partial charge in [-0.1, -0.05) is 6.07 Å². The van der Waals surface area contributed by atoms with E-state index >= 15 is 0 Å². The third kappa shape index (κ3) is 1.77. The van der Waals surface area contributed by atoms with E-state index in [9.17, 15) is 8.42 Å². The summed E-state index contributed by atoms with van der Waals surface area (Å²) in [5, 5.41) is 11.3. The smallest absolute Gasteiger partial charge is 0.186 e. The van der Waals surface area contributed by atoms with Crippen LogP contribution in [0.15, 0.2) is 17.0 Å². The van der Waals surface area contributed by atoms with Crippen LogP contribution in [0, 0.1) is 25.2 Å². The summed E-state index contributed by atoms with van der Waals surface area (Å²) in [5.41, 5.74) is 2.71. The van der Waals surface area contributed by atoms with Crippen molar-refractivity contribution in [1.82, 2.24) is 0 Å². The third-order valence-electron chi connectivity index (χ3n) is 3.62. The molecule has 1 heterocycles. The lowest BCUT2D eigenvalue weighted by Gasteiger charge is -2.32. The van der Waals surface area contributed by atoms with E-state index in [1.165, 1.54) is 0 Å². The summed E-state index contributed by atoms with van der Waals surface area (Å²) in [4.78, 5) is 0.323. The van der Waals surface area contributed by atoms with E-state index in [1.54, 1.807) is 6.07 Å². The Morgan fingerprint density at radius 2 is 2.06 bits per heavy atom. The van der Waals surface area contributed by atoms with E-state index in [0.717, 1.165) is 11.1 Å². The van der Waals surface area contributed by atoms with Crippen LogP contribution >= 0.6 is 0 Å². The average molecular weight is 264 g/mol. The molecule has 2 atom stereocenters. The molecular formula is C13H16N2O2S. The summed E-state index contributed by atoms with van der Waals surface area (Å²) in [6.07, 6.45) is 0.0167. The minimum atomic E-state index is -3.42. The number of hydrogen-bond donors (Lipinski definition) is 1. The lowest BCUT2D eigenvalue weighted by molar-refractivity contribution is 0.560. The number of benzene rings is 1. The summed E-state index contributed by atoms with van der Waals surface area (Å²) in [7, 11) is -3.42. The van der Waals surface area contributed by atoms with Crippen molar-refractivity contribution in [2.24, 2.45) is 0 Å². The van der Waals surface area contributed by atoms with Crippen LogP contribution in [0.1, 0.15) is 24.5 Å². The molecule has 1 N–H and O–H groups in total. The highest BCUT2D eigenvalue weighted by molar-refractivity contribution is 7.92. The van der Waals surface area contributed by atoms with Gasteiger partial charge in [0.1, 0.15) is 0 Å². The topological polar surface area (TPSA) is 70.0 Å². The highest BCUT2D eigenvalue weighted by Crippen LogP contribution is 2.37. The summed E-state index contributed by atoms with van der Waals surface area (Å²) in [6.45, 7) is 5.67. The first-order chi connectivity index (χ1) is 8.39. The van der Waals surface area contributed by atoms with Crippen molar-refractivity contribution in [2.75, 3.05) is 5.32 Å². The molecule has 1 aliphatic rings. The Morgan fingerprint density at radius 3 is 2.67 bits per heavy atom. The lowest BCUT2D eigenvalue weighted by atomic mass is 10.1. The normalized spacial score (nSPS) is 24.8. The van der Waals surface area contributed by atoms with Crippen molar-refractivity contribution in [3.05, 3.63) is 23.3 Å². The van der Waals surface area contributed by atoms with E-state index in [2.05, 4.69) is 5.32 Å². The second-order valence-electron chi connectivity index (χ2n) is 4.76. The van der Waals surface area contributed by atoms with Gasteiger partial charge in [0.05, 0.1) is 28.3 Å². The Balaban J connectivity index is 2.66. The van der Waals surface area contributed by atoms with Gasteiger partial charge >= 0.3 is 0 Å². The van der Waals surface area contributed by atoms with Gasteiger partial charge in [0.15, 0.2) is 9.84 Å². The van der Waals surface area contributed by atoms with Crippen LogP contribution in [0.3, 0.4) is 0 Å². The molecule has 2 unspecified atom stereocenters. The first-order valence-electron chi connectivity index (χ1n) is 5.87. The maximum atomic E-state index is 12.5. The van der Waals surface area contributed by atoms with Gasteiger partial charge in [-0.3, -0.25) is 0 Å². The van der Waals surface area contributed by atoms with Crippen LogP contribution < -0.4 is 5.32 Å². The maximum absolute atomic E-state index is 12.5. The van der Waals surface area contributed by atoms with Crippen molar-refractivity contribution >= 4 is 15.5 Å². The Morgan fingerprint density at radius 1 is 1.39 bits per heavy atom. The Kier molecular flexibility index (Phi) is 3.07. The number of hydrogen-bond acceptors (Lipinski definition) is 4. The van der Waals surface area contributed by atoms with Crippen molar-refractivity contribution in [3.8, 4) is 6.07 Å². The molecule has 96 valence electrons. The van der Waals surface area contributed by atoms with Gasteiger partial charge in [-0.15, -0.1) is 0 Å². The van der Waals surface area contributed by atoms with Crippen molar-refractivity contribution in [1.29, 1.82) is 5.26 Å². The van der Waals surface area contributed by atoms with Crippen LogP contribution in [0.4, 0.5) is 5.69 Å². The van der Waals surface area contributed by atoms with Gasteiger partial charge in [0.2, 0.25) is 0 Å². The van der Waals surface area contributed by atoms with E-state index in [-0.39, 0.29) is 12.5 Å². The van der Waals surface area contributed by atoms with Crippen LogP contribution in [0.5, 0.6) is 0 Å². The number of rotatable bonds is 1. The lowest BCUT2D eigenvalue weighted by Crippen LogP contribution is -2.42. The predicted molar refractivity (Wildman–Crippen MR) is 70.2 cm³/mol. The van der Waals surface area contributed by atoms with Crippen LogP contribution in [0.2, 0.25) is 0 Å². The Hall–Kier alpha value is -1.54. The monoisotopic (exact) mass is 264 g/mol. The van der Waals surface area contributed by atoms with Crippen LogP contribution in [-0.4, -0.2) is 19.7 Å². The maximum Gasteiger partial charge on any atom is 0.186 e. The molecule has 0 fully saturated rings. The summed E-state index contributed by atoms with van der Waals surface area (Å²) < 4.78 is 25.0. The first kappa shape index (κ1) is 12.9. The van der Waals surface area contributed by atoms with Crippen molar-refractivity contribution in [2.45, 2.75) is 43.4 Å². The molecule has 2 rings (SSSR count). The van der Waals surface area contributed by atoms with Gasteiger partial charge in [0.25, 0.3) is 0 Å².